The third-order valence-corrected chi connectivity index (χ3v) is 4.41. The molecule has 1 heterocycles. The quantitative estimate of drug-likeness (QED) is 0.523. The van der Waals surface area contributed by atoms with E-state index in [9.17, 15) is 4.79 Å². The van der Waals surface area contributed by atoms with Crippen molar-refractivity contribution in [2.24, 2.45) is 0 Å². The number of benzene rings is 2. The Balaban J connectivity index is 2.19. The molecule has 0 spiro atoms. The van der Waals surface area contributed by atoms with Gasteiger partial charge in [0.1, 0.15) is 17.2 Å². The fourth-order valence-corrected chi connectivity index (χ4v) is 3.10. The van der Waals surface area contributed by atoms with E-state index < -0.39 is 0 Å². The molecule has 0 saturated carbocycles. The molecule has 0 saturated heterocycles. The van der Waals surface area contributed by atoms with E-state index in [1.807, 2.05) is 0 Å². The molecule has 2 aromatic carbocycles. The van der Waals surface area contributed by atoms with Crippen LogP contribution < -0.4 is 24.7 Å². The van der Waals surface area contributed by atoms with Crippen molar-refractivity contribution in [3.63, 3.8) is 0 Å². The van der Waals surface area contributed by atoms with Gasteiger partial charge >= 0.3 is 0 Å². The van der Waals surface area contributed by atoms with Crippen molar-refractivity contribution in [3.8, 4) is 23.0 Å². The van der Waals surface area contributed by atoms with Gasteiger partial charge in [0.25, 0.3) is 0 Å². The summed E-state index contributed by atoms with van der Waals surface area (Å²) >= 11 is 0. The van der Waals surface area contributed by atoms with Gasteiger partial charge in [0.2, 0.25) is 5.75 Å². The van der Waals surface area contributed by atoms with Crippen molar-refractivity contribution >= 4 is 22.4 Å². The van der Waals surface area contributed by atoms with E-state index in [2.05, 4.69) is 0 Å². The van der Waals surface area contributed by atoms with Gasteiger partial charge in [-0.3, -0.25) is 4.79 Å². The highest BCUT2D eigenvalue weighted by Gasteiger charge is 2.24. The van der Waals surface area contributed by atoms with Gasteiger partial charge in [0, 0.05) is 10.9 Å². The van der Waals surface area contributed by atoms with E-state index in [0.717, 1.165) is 0 Å². The van der Waals surface area contributed by atoms with E-state index in [-0.39, 0.29) is 5.78 Å². The Morgan fingerprint density at radius 1 is 0.926 bits per heavy atom. The van der Waals surface area contributed by atoms with Crippen molar-refractivity contribution in [3.05, 3.63) is 41.2 Å². The lowest BCUT2D eigenvalue weighted by molar-refractivity contribution is 0.103. The fraction of sp³-hybridized carbons (Fsp3) is 0.250. The van der Waals surface area contributed by atoms with Gasteiger partial charge < -0.3 is 29.1 Å². The summed E-state index contributed by atoms with van der Waals surface area (Å²) in [5.74, 6) is 1.92. The second kappa shape index (κ2) is 7.11. The van der Waals surface area contributed by atoms with Gasteiger partial charge in [-0.05, 0) is 31.2 Å². The van der Waals surface area contributed by atoms with Gasteiger partial charge in [-0.15, -0.1) is 0 Å². The number of hydrogen-bond donors (Lipinski definition) is 1. The number of nitrogens with two attached hydrogens (primary N) is 1. The van der Waals surface area contributed by atoms with Crippen LogP contribution >= 0.6 is 0 Å². The first-order valence-electron chi connectivity index (χ1n) is 8.17. The van der Waals surface area contributed by atoms with Crippen molar-refractivity contribution < 1.29 is 28.2 Å². The summed E-state index contributed by atoms with van der Waals surface area (Å²) in [6.45, 7) is 1.72. The maximum absolute atomic E-state index is 13.3. The zero-order valence-corrected chi connectivity index (χ0v) is 15.8. The van der Waals surface area contributed by atoms with Crippen LogP contribution in [0.5, 0.6) is 23.0 Å². The predicted molar refractivity (Wildman–Crippen MR) is 101 cm³/mol. The third-order valence-electron chi connectivity index (χ3n) is 4.41. The first-order valence-corrected chi connectivity index (χ1v) is 8.17. The molecule has 0 unspecified atom stereocenters. The van der Waals surface area contributed by atoms with Crippen LogP contribution in [0.2, 0.25) is 0 Å². The normalized spacial score (nSPS) is 10.7. The Morgan fingerprint density at radius 3 is 2.04 bits per heavy atom. The van der Waals surface area contributed by atoms with Crippen molar-refractivity contribution in [2.75, 3.05) is 34.2 Å². The van der Waals surface area contributed by atoms with Gasteiger partial charge in [0.05, 0.1) is 34.0 Å². The number of nitrogen functional groups attached to an aromatic ring is 1. The lowest BCUT2D eigenvalue weighted by Gasteiger charge is -2.13. The van der Waals surface area contributed by atoms with Crippen LogP contribution in [0.15, 0.2) is 28.7 Å². The number of hydrogen-bond acceptors (Lipinski definition) is 7. The number of aryl methyl sites for hydroxylation is 1. The molecular formula is C20H21NO6. The maximum atomic E-state index is 13.3. The number of furan rings is 1. The van der Waals surface area contributed by atoms with E-state index in [1.165, 1.54) is 28.4 Å². The summed E-state index contributed by atoms with van der Waals surface area (Å²) in [5.41, 5.74) is 7.67. The molecule has 0 fully saturated rings. The number of fused-ring (bicyclic) bond motifs is 1. The van der Waals surface area contributed by atoms with E-state index in [0.29, 0.717) is 56.5 Å². The smallest absolute Gasteiger partial charge is 0.203 e. The van der Waals surface area contributed by atoms with Crippen LogP contribution in [0.3, 0.4) is 0 Å². The van der Waals surface area contributed by atoms with Crippen LogP contribution in [0.1, 0.15) is 21.7 Å². The van der Waals surface area contributed by atoms with E-state index >= 15 is 0 Å². The van der Waals surface area contributed by atoms with Crippen molar-refractivity contribution in [2.45, 2.75) is 6.92 Å². The number of ether oxygens (including phenoxy) is 4. The topological polar surface area (TPSA) is 93.2 Å². The molecule has 0 aliphatic rings. The third kappa shape index (κ3) is 2.91. The van der Waals surface area contributed by atoms with E-state index in [4.69, 9.17) is 29.1 Å². The zero-order valence-electron chi connectivity index (χ0n) is 15.8. The summed E-state index contributed by atoms with van der Waals surface area (Å²) in [7, 11) is 6.02. The molecule has 3 rings (SSSR count). The molecule has 3 aromatic rings. The summed E-state index contributed by atoms with van der Waals surface area (Å²) in [5, 5.41) is 0.615. The Kier molecular flexibility index (Phi) is 4.85. The van der Waals surface area contributed by atoms with Gasteiger partial charge in [-0.25, -0.2) is 0 Å². The lowest BCUT2D eigenvalue weighted by Crippen LogP contribution is -2.05. The summed E-state index contributed by atoms with van der Waals surface area (Å²) in [6.07, 6.45) is 0. The Morgan fingerprint density at radius 2 is 1.52 bits per heavy atom. The molecular weight excluding hydrogens is 350 g/mol. The van der Waals surface area contributed by atoms with Gasteiger partial charge in [-0.1, -0.05) is 0 Å². The van der Waals surface area contributed by atoms with Crippen LogP contribution in [-0.2, 0) is 0 Å². The molecule has 0 aliphatic heterocycles. The van der Waals surface area contributed by atoms with Crippen LogP contribution in [0.25, 0.3) is 11.0 Å². The first kappa shape index (κ1) is 18.4. The largest absolute Gasteiger partial charge is 0.494 e. The average molecular weight is 371 g/mol. The second-order valence-electron chi connectivity index (χ2n) is 5.83. The molecule has 0 radical (unpaired) electrons. The number of methoxy groups -OCH3 is 4. The number of carbonyl (C=O) groups is 1. The monoisotopic (exact) mass is 371 g/mol. The maximum Gasteiger partial charge on any atom is 0.203 e. The number of anilines is 1. The van der Waals surface area contributed by atoms with Crippen LogP contribution in [0, 0.1) is 6.92 Å². The molecule has 142 valence electrons. The average Bonchev–Trinajstić information content (AvgIpc) is 3.03. The summed E-state index contributed by atoms with van der Waals surface area (Å²) in [4.78, 5) is 13.3. The zero-order chi connectivity index (χ0) is 19.7. The summed E-state index contributed by atoms with van der Waals surface area (Å²) < 4.78 is 27.0. The first-order chi connectivity index (χ1) is 13.0. The number of carbonyl (C=O) groups excluding carboxylic acids is 1. The molecule has 27 heavy (non-hydrogen) atoms. The molecule has 0 atom stereocenters. The molecule has 0 aliphatic carbocycles. The molecule has 0 bridgehead atoms. The highest BCUT2D eigenvalue weighted by Crippen LogP contribution is 2.40. The predicted octanol–water partition coefficient (Wildman–Crippen LogP) is 3.59. The number of rotatable bonds is 6. The fourth-order valence-electron chi connectivity index (χ4n) is 3.10. The highest BCUT2D eigenvalue weighted by atomic mass is 16.5. The number of ketones is 1. The second-order valence-corrected chi connectivity index (χ2v) is 5.83. The molecule has 7 nitrogen and oxygen atoms in total. The highest BCUT2D eigenvalue weighted by molar-refractivity contribution is 6.18. The van der Waals surface area contributed by atoms with Gasteiger partial charge in [-0.2, -0.15) is 0 Å². The molecule has 0 amide bonds. The van der Waals surface area contributed by atoms with Crippen LogP contribution in [0.4, 0.5) is 5.69 Å². The SMILES string of the molecule is COc1cc(C(=O)c2c(C)oc3c(N)c(OC)ccc23)cc(OC)c1OC. The minimum absolute atomic E-state index is 0.241. The van der Waals surface area contributed by atoms with Crippen LogP contribution in [-0.4, -0.2) is 34.2 Å². The van der Waals surface area contributed by atoms with Crippen molar-refractivity contribution in [1.82, 2.24) is 0 Å². The lowest BCUT2D eigenvalue weighted by atomic mass is 9.99. The molecule has 1 aromatic heterocycles. The standard InChI is InChI=1S/C20H21NO6/c1-10-16(12-6-7-13(23-2)17(21)19(12)27-10)18(22)11-8-14(24-3)20(26-5)15(9-11)25-4/h6-9H,21H2,1-5H3. The molecule has 2 N–H and O–H groups in total. The van der Waals surface area contributed by atoms with E-state index in [1.54, 1.807) is 31.2 Å². The Labute approximate surface area is 156 Å². The molecule has 7 heteroatoms. The summed E-state index contributed by atoms with van der Waals surface area (Å²) in [6, 6.07) is 6.68. The van der Waals surface area contributed by atoms with Crippen molar-refractivity contribution in [1.29, 1.82) is 0 Å². The minimum Gasteiger partial charge on any atom is -0.494 e. The Hall–Kier alpha value is -3.35. The van der Waals surface area contributed by atoms with Gasteiger partial charge in [0.15, 0.2) is 22.9 Å². The minimum atomic E-state index is -0.241. The Bertz CT molecular complexity index is 996.